The van der Waals surface area contributed by atoms with Gasteiger partial charge in [-0.1, -0.05) is 13.8 Å². The van der Waals surface area contributed by atoms with E-state index in [1.165, 1.54) is 0 Å². The Bertz CT molecular complexity index is 519. The fourth-order valence-corrected chi connectivity index (χ4v) is 2.57. The summed E-state index contributed by atoms with van der Waals surface area (Å²) in [6, 6.07) is 0.649. The third-order valence-corrected chi connectivity index (χ3v) is 4.20. The van der Waals surface area contributed by atoms with E-state index in [0.29, 0.717) is 42.4 Å². The van der Waals surface area contributed by atoms with Gasteiger partial charge in [-0.3, -0.25) is 9.69 Å². The first-order valence-electron chi connectivity index (χ1n) is 7.44. The maximum atomic E-state index is 12.7. The van der Waals surface area contributed by atoms with Crippen LogP contribution in [0.4, 0.5) is 5.69 Å². The van der Waals surface area contributed by atoms with Crippen molar-refractivity contribution in [3.8, 4) is 0 Å². The SMILES string of the molecule is CC(C)c1ncc(N)c(C(=O)N2CC(C)N(C)C(C)C2)n1. The lowest BCUT2D eigenvalue weighted by Gasteiger charge is -2.42. The molecule has 0 saturated carbocycles. The van der Waals surface area contributed by atoms with Crippen LogP contribution in [0.1, 0.15) is 49.9 Å². The Labute approximate surface area is 126 Å². The highest BCUT2D eigenvalue weighted by Crippen LogP contribution is 2.19. The van der Waals surface area contributed by atoms with E-state index >= 15 is 0 Å². The minimum atomic E-state index is -0.0939. The van der Waals surface area contributed by atoms with Crippen LogP contribution in [0.5, 0.6) is 0 Å². The molecule has 2 heterocycles. The number of nitrogens with two attached hydrogens (primary N) is 1. The van der Waals surface area contributed by atoms with Gasteiger partial charge in [-0.05, 0) is 20.9 Å². The quantitative estimate of drug-likeness (QED) is 0.890. The number of anilines is 1. The van der Waals surface area contributed by atoms with E-state index in [0.717, 1.165) is 0 Å². The second kappa shape index (κ2) is 5.97. The van der Waals surface area contributed by atoms with Gasteiger partial charge in [0.2, 0.25) is 0 Å². The molecule has 6 nitrogen and oxygen atoms in total. The van der Waals surface area contributed by atoms with Crippen molar-refractivity contribution in [1.29, 1.82) is 0 Å². The van der Waals surface area contributed by atoms with Gasteiger partial charge < -0.3 is 10.6 Å². The maximum absolute atomic E-state index is 12.7. The Morgan fingerprint density at radius 1 is 1.33 bits per heavy atom. The van der Waals surface area contributed by atoms with E-state index in [9.17, 15) is 4.79 Å². The van der Waals surface area contributed by atoms with E-state index in [-0.39, 0.29) is 11.8 Å². The largest absolute Gasteiger partial charge is 0.396 e. The monoisotopic (exact) mass is 291 g/mol. The van der Waals surface area contributed by atoms with Gasteiger partial charge in [0.05, 0.1) is 11.9 Å². The zero-order valence-electron chi connectivity index (χ0n) is 13.5. The minimum absolute atomic E-state index is 0.0939. The number of rotatable bonds is 2. The van der Waals surface area contributed by atoms with Crippen molar-refractivity contribution in [3.05, 3.63) is 17.7 Å². The molecule has 2 unspecified atom stereocenters. The van der Waals surface area contributed by atoms with Crippen molar-refractivity contribution in [3.63, 3.8) is 0 Å². The molecule has 0 bridgehead atoms. The zero-order chi connectivity index (χ0) is 15.7. The maximum Gasteiger partial charge on any atom is 0.274 e. The van der Waals surface area contributed by atoms with Gasteiger partial charge in [0.1, 0.15) is 5.82 Å². The lowest BCUT2D eigenvalue weighted by Crippen LogP contribution is -2.56. The molecule has 21 heavy (non-hydrogen) atoms. The van der Waals surface area contributed by atoms with Crippen molar-refractivity contribution in [2.24, 2.45) is 0 Å². The van der Waals surface area contributed by atoms with Gasteiger partial charge in [-0.2, -0.15) is 0 Å². The molecular weight excluding hydrogens is 266 g/mol. The lowest BCUT2D eigenvalue weighted by molar-refractivity contribution is 0.0410. The van der Waals surface area contributed by atoms with E-state index < -0.39 is 0 Å². The number of carbonyl (C=O) groups excluding carboxylic acids is 1. The van der Waals surface area contributed by atoms with Crippen LogP contribution in [0, 0.1) is 0 Å². The molecule has 0 radical (unpaired) electrons. The number of hydrogen-bond acceptors (Lipinski definition) is 5. The Kier molecular flexibility index (Phi) is 4.46. The number of nitrogens with zero attached hydrogens (tertiary/aromatic N) is 4. The van der Waals surface area contributed by atoms with Crippen LogP contribution in [0.2, 0.25) is 0 Å². The number of piperazine rings is 1. The van der Waals surface area contributed by atoms with Gasteiger partial charge in [0, 0.05) is 31.1 Å². The van der Waals surface area contributed by atoms with E-state index in [1.54, 1.807) is 6.20 Å². The van der Waals surface area contributed by atoms with Crippen molar-refractivity contribution >= 4 is 11.6 Å². The molecule has 1 aromatic rings. The highest BCUT2D eigenvalue weighted by Gasteiger charge is 2.31. The summed E-state index contributed by atoms with van der Waals surface area (Å²) in [7, 11) is 2.09. The predicted molar refractivity (Wildman–Crippen MR) is 83.1 cm³/mol. The summed E-state index contributed by atoms with van der Waals surface area (Å²) in [5.41, 5.74) is 6.59. The first-order valence-corrected chi connectivity index (χ1v) is 7.44. The fourth-order valence-electron chi connectivity index (χ4n) is 2.57. The highest BCUT2D eigenvalue weighted by molar-refractivity contribution is 5.97. The topological polar surface area (TPSA) is 75.3 Å². The zero-order valence-corrected chi connectivity index (χ0v) is 13.5. The van der Waals surface area contributed by atoms with Gasteiger partial charge in [0.15, 0.2) is 5.69 Å². The van der Waals surface area contributed by atoms with E-state index in [4.69, 9.17) is 5.73 Å². The van der Waals surface area contributed by atoms with Gasteiger partial charge >= 0.3 is 0 Å². The Morgan fingerprint density at radius 2 is 1.90 bits per heavy atom. The first-order chi connectivity index (χ1) is 9.81. The molecule has 0 spiro atoms. The summed E-state index contributed by atoms with van der Waals surface area (Å²) in [6.07, 6.45) is 1.54. The van der Waals surface area contributed by atoms with E-state index in [2.05, 4.69) is 35.8 Å². The van der Waals surface area contributed by atoms with Crippen LogP contribution in [-0.4, -0.2) is 57.9 Å². The van der Waals surface area contributed by atoms with Crippen LogP contribution < -0.4 is 5.73 Å². The number of aromatic nitrogens is 2. The number of hydrogen-bond donors (Lipinski definition) is 1. The molecule has 6 heteroatoms. The lowest BCUT2D eigenvalue weighted by atomic mass is 10.1. The molecule has 1 fully saturated rings. The normalized spacial score (nSPS) is 23.6. The molecule has 0 aliphatic carbocycles. The Hall–Kier alpha value is -1.69. The van der Waals surface area contributed by atoms with Crippen molar-refractivity contribution in [2.75, 3.05) is 25.9 Å². The molecule has 1 aliphatic heterocycles. The molecule has 0 aromatic carbocycles. The van der Waals surface area contributed by atoms with Crippen molar-refractivity contribution in [1.82, 2.24) is 19.8 Å². The number of amides is 1. The number of likely N-dealkylation sites (N-methyl/N-ethyl adjacent to an activating group) is 1. The van der Waals surface area contributed by atoms with Crippen LogP contribution in [0.15, 0.2) is 6.20 Å². The second-order valence-electron chi connectivity index (χ2n) is 6.26. The fraction of sp³-hybridized carbons (Fsp3) is 0.667. The summed E-state index contributed by atoms with van der Waals surface area (Å²) in [5, 5.41) is 0. The second-order valence-corrected chi connectivity index (χ2v) is 6.26. The van der Waals surface area contributed by atoms with Gasteiger partial charge in [-0.15, -0.1) is 0 Å². The van der Waals surface area contributed by atoms with Crippen molar-refractivity contribution in [2.45, 2.75) is 45.7 Å². The molecule has 1 aliphatic rings. The predicted octanol–water partition coefficient (Wildman–Crippen LogP) is 1.35. The summed E-state index contributed by atoms with van der Waals surface area (Å²) in [6.45, 7) is 9.64. The first kappa shape index (κ1) is 15.7. The van der Waals surface area contributed by atoms with Crippen molar-refractivity contribution < 1.29 is 4.79 Å². The Balaban J connectivity index is 2.26. The summed E-state index contributed by atoms with van der Waals surface area (Å²) >= 11 is 0. The third-order valence-electron chi connectivity index (χ3n) is 4.20. The minimum Gasteiger partial charge on any atom is -0.396 e. The molecule has 2 N–H and O–H groups in total. The molecule has 2 atom stereocenters. The molecule has 1 amide bonds. The third kappa shape index (κ3) is 3.15. The van der Waals surface area contributed by atoms with Crippen LogP contribution in [0.25, 0.3) is 0 Å². The smallest absolute Gasteiger partial charge is 0.274 e. The average Bonchev–Trinajstić information content (AvgIpc) is 2.43. The number of carbonyl (C=O) groups is 1. The summed E-state index contributed by atoms with van der Waals surface area (Å²) < 4.78 is 0. The summed E-state index contributed by atoms with van der Waals surface area (Å²) in [5.74, 6) is 0.730. The highest BCUT2D eigenvalue weighted by atomic mass is 16.2. The molecule has 116 valence electrons. The number of nitrogen functional groups attached to an aromatic ring is 1. The standard InChI is InChI=1S/C15H25N5O/c1-9(2)14-17-6-12(16)13(18-14)15(21)20-7-10(3)19(5)11(4)8-20/h6,9-11H,7-8,16H2,1-5H3. The average molecular weight is 291 g/mol. The summed E-state index contributed by atoms with van der Waals surface area (Å²) in [4.78, 5) is 25.4. The van der Waals surface area contributed by atoms with Crippen LogP contribution in [0.3, 0.4) is 0 Å². The molecule has 1 aromatic heterocycles. The van der Waals surface area contributed by atoms with Gasteiger partial charge in [0.25, 0.3) is 5.91 Å². The van der Waals surface area contributed by atoms with Gasteiger partial charge in [-0.25, -0.2) is 9.97 Å². The molecule has 2 rings (SSSR count). The molecule has 1 saturated heterocycles. The van der Waals surface area contributed by atoms with Crippen LogP contribution >= 0.6 is 0 Å². The van der Waals surface area contributed by atoms with E-state index in [1.807, 2.05) is 18.7 Å². The molecular formula is C15H25N5O. The van der Waals surface area contributed by atoms with Crippen LogP contribution in [-0.2, 0) is 0 Å². The Morgan fingerprint density at radius 3 is 2.43 bits per heavy atom.